The Morgan fingerprint density at radius 2 is 2.33 bits per heavy atom. The molecule has 5 heteroatoms. The summed E-state index contributed by atoms with van der Waals surface area (Å²) in [6, 6.07) is 6.62. The average molecular weight is 247 g/mol. The van der Waals surface area contributed by atoms with Gasteiger partial charge in [0, 0.05) is 30.9 Å². The van der Waals surface area contributed by atoms with Crippen molar-refractivity contribution in [2.75, 3.05) is 25.0 Å². The van der Waals surface area contributed by atoms with Crippen LogP contribution in [0.15, 0.2) is 35.9 Å². The van der Waals surface area contributed by atoms with Gasteiger partial charge in [-0.1, -0.05) is 17.7 Å². The van der Waals surface area contributed by atoms with Crippen LogP contribution in [0.4, 0.5) is 11.4 Å². The van der Waals surface area contributed by atoms with E-state index in [4.69, 9.17) is 0 Å². The Balaban J connectivity index is 1.84. The van der Waals surface area contributed by atoms with Gasteiger partial charge in [-0.3, -0.25) is 10.1 Å². The van der Waals surface area contributed by atoms with E-state index in [9.17, 15) is 10.1 Å². The van der Waals surface area contributed by atoms with E-state index in [1.807, 2.05) is 6.07 Å². The lowest BCUT2D eigenvalue weighted by atomic mass is 10.1. The van der Waals surface area contributed by atoms with E-state index in [0.29, 0.717) is 0 Å². The zero-order chi connectivity index (χ0) is 12.8. The summed E-state index contributed by atoms with van der Waals surface area (Å²) in [5, 5.41) is 17.1. The van der Waals surface area contributed by atoms with Crippen molar-refractivity contribution in [2.45, 2.75) is 12.8 Å². The molecule has 0 fully saturated rings. The van der Waals surface area contributed by atoms with Crippen molar-refractivity contribution >= 4 is 11.4 Å². The number of non-ortho nitro benzene ring substituents is 1. The molecule has 0 unspecified atom stereocenters. The van der Waals surface area contributed by atoms with Crippen molar-refractivity contribution in [2.24, 2.45) is 0 Å². The van der Waals surface area contributed by atoms with E-state index in [-0.39, 0.29) is 10.6 Å². The number of nitrogens with zero attached hydrogens (tertiary/aromatic N) is 1. The Morgan fingerprint density at radius 1 is 1.44 bits per heavy atom. The predicted octanol–water partition coefficient (Wildman–Crippen LogP) is 2.32. The number of hydrogen-bond acceptors (Lipinski definition) is 4. The first-order valence-electron chi connectivity index (χ1n) is 6.12. The summed E-state index contributed by atoms with van der Waals surface area (Å²) < 4.78 is 0. The van der Waals surface area contributed by atoms with E-state index < -0.39 is 0 Å². The second-order valence-corrected chi connectivity index (χ2v) is 4.30. The zero-order valence-electron chi connectivity index (χ0n) is 10.2. The van der Waals surface area contributed by atoms with Crippen LogP contribution in [0.3, 0.4) is 0 Å². The third-order valence-corrected chi connectivity index (χ3v) is 2.99. The minimum absolute atomic E-state index is 0.126. The minimum atomic E-state index is -0.374. The number of nitrogens with one attached hydrogen (secondary N) is 2. The largest absolute Gasteiger partial charge is 0.385 e. The molecule has 0 saturated heterocycles. The molecule has 2 N–H and O–H groups in total. The topological polar surface area (TPSA) is 67.2 Å². The molecule has 96 valence electrons. The molecular weight excluding hydrogens is 230 g/mol. The van der Waals surface area contributed by atoms with Crippen LogP contribution >= 0.6 is 0 Å². The van der Waals surface area contributed by atoms with Crippen LogP contribution in [0.1, 0.15) is 12.8 Å². The molecule has 0 saturated carbocycles. The van der Waals surface area contributed by atoms with Crippen LogP contribution in [-0.4, -0.2) is 24.6 Å². The molecular formula is C13H17N3O2. The lowest BCUT2D eigenvalue weighted by molar-refractivity contribution is -0.384. The van der Waals surface area contributed by atoms with Gasteiger partial charge in [-0.2, -0.15) is 0 Å². The van der Waals surface area contributed by atoms with Crippen LogP contribution in [-0.2, 0) is 0 Å². The van der Waals surface area contributed by atoms with E-state index in [2.05, 4.69) is 16.7 Å². The molecule has 5 nitrogen and oxygen atoms in total. The number of nitro benzene ring substituents is 1. The number of anilines is 1. The van der Waals surface area contributed by atoms with Crippen molar-refractivity contribution in [1.82, 2.24) is 5.32 Å². The van der Waals surface area contributed by atoms with Gasteiger partial charge in [-0.25, -0.2) is 0 Å². The van der Waals surface area contributed by atoms with E-state index in [0.717, 1.165) is 38.2 Å². The third-order valence-electron chi connectivity index (χ3n) is 2.99. The molecule has 18 heavy (non-hydrogen) atoms. The molecule has 1 aromatic rings. The van der Waals surface area contributed by atoms with Gasteiger partial charge in [0.1, 0.15) is 0 Å². The van der Waals surface area contributed by atoms with Crippen LogP contribution in [0.5, 0.6) is 0 Å². The fourth-order valence-electron chi connectivity index (χ4n) is 1.99. The summed E-state index contributed by atoms with van der Waals surface area (Å²) in [4.78, 5) is 10.3. The van der Waals surface area contributed by atoms with Crippen molar-refractivity contribution in [3.8, 4) is 0 Å². The smallest absolute Gasteiger partial charge is 0.271 e. The van der Waals surface area contributed by atoms with Crippen molar-refractivity contribution in [1.29, 1.82) is 0 Å². The van der Waals surface area contributed by atoms with Crippen LogP contribution in [0.2, 0.25) is 0 Å². The van der Waals surface area contributed by atoms with Gasteiger partial charge in [0.25, 0.3) is 5.69 Å². The second-order valence-electron chi connectivity index (χ2n) is 4.30. The highest BCUT2D eigenvalue weighted by molar-refractivity contribution is 5.50. The molecule has 0 spiro atoms. The van der Waals surface area contributed by atoms with Gasteiger partial charge in [0.15, 0.2) is 0 Å². The normalized spacial score (nSPS) is 15.0. The van der Waals surface area contributed by atoms with E-state index >= 15 is 0 Å². The third kappa shape index (κ3) is 3.56. The molecule has 0 radical (unpaired) electrons. The number of rotatable bonds is 5. The Kier molecular flexibility index (Phi) is 4.30. The summed E-state index contributed by atoms with van der Waals surface area (Å²) in [7, 11) is 0. The maximum absolute atomic E-state index is 10.6. The minimum Gasteiger partial charge on any atom is -0.385 e. The molecule has 2 rings (SSSR count). The Labute approximate surface area is 106 Å². The Hall–Kier alpha value is -1.88. The first-order chi connectivity index (χ1) is 8.75. The predicted molar refractivity (Wildman–Crippen MR) is 71.8 cm³/mol. The quantitative estimate of drug-likeness (QED) is 0.476. The van der Waals surface area contributed by atoms with Crippen LogP contribution in [0, 0.1) is 10.1 Å². The van der Waals surface area contributed by atoms with E-state index in [1.54, 1.807) is 12.1 Å². The maximum Gasteiger partial charge on any atom is 0.271 e. The van der Waals surface area contributed by atoms with Gasteiger partial charge in [0.2, 0.25) is 0 Å². The fraction of sp³-hybridized carbons (Fsp3) is 0.385. The molecule has 0 aromatic heterocycles. The highest BCUT2D eigenvalue weighted by atomic mass is 16.6. The molecule has 1 aromatic carbocycles. The van der Waals surface area contributed by atoms with E-state index in [1.165, 1.54) is 11.6 Å². The van der Waals surface area contributed by atoms with Crippen molar-refractivity contribution in [3.05, 3.63) is 46.0 Å². The molecule has 0 atom stereocenters. The van der Waals surface area contributed by atoms with Crippen molar-refractivity contribution in [3.63, 3.8) is 0 Å². The Morgan fingerprint density at radius 3 is 3.06 bits per heavy atom. The number of hydrogen-bond donors (Lipinski definition) is 2. The molecule has 0 amide bonds. The molecule has 0 bridgehead atoms. The van der Waals surface area contributed by atoms with Gasteiger partial charge in [0.05, 0.1) is 4.92 Å². The first-order valence-corrected chi connectivity index (χ1v) is 6.12. The summed E-state index contributed by atoms with van der Waals surface area (Å²) in [6.45, 7) is 2.81. The Bertz CT molecular complexity index is 457. The first kappa shape index (κ1) is 12.6. The van der Waals surface area contributed by atoms with Gasteiger partial charge in [-0.15, -0.1) is 0 Å². The zero-order valence-corrected chi connectivity index (χ0v) is 10.2. The van der Waals surface area contributed by atoms with Crippen molar-refractivity contribution < 1.29 is 4.92 Å². The van der Waals surface area contributed by atoms with Gasteiger partial charge in [-0.05, 0) is 25.5 Å². The monoisotopic (exact) mass is 247 g/mol. The molecule has 1 heterocycles. The summed E-state index contributed by atoms with van der Waals surface area (Å²) in [6.07, 6.45) is 4.31. The second kappa shape index (κ2) is 6.16. The standard InChI is InChI=1S/C13H17N3O2/c17-16(18)13-3-1-2-12(10-13)15-9-6-11-4-7-14-8-5-11/h1-4,10,14-15H,5-9H2. The van der Waals surface area contributed by atoms with Crippen LogP contribution in [0.25, 0.3) is 0 Å². The number of nitro groups is 1. The lowest BCUT2D eigenvalue weighted by Crippen LogP contribution is -2.21. The molecule has 1 aliphatic rings. The summed E-state index contributed by atoms with van der Waals surface area (Å²) in [5.74, 6) is 0. The summed E-state index contributed by atoms with van der Waals surface area (Å²) in [5.41, 5.74) is 2.38. The van der Waals surface area contributed by atoms with Gasteiger partial charge >= 0.3 is 0 Å². The molecule has 0 aliphatic carbocycles. The number of benzene rings is 1. The van der Waals surface area contributed by atoms with Crippen LogP contribution < -0.4 is 10.6 Å². The SMILES string of the molecule is O=[N+]([O-])c1cccc(NCCC2=CCNCC2)c1. The fourth-order valence-corrected chi connectivity index (χ4v) is 1.99. The van der Waals surface area contributed by atoms with Gasteiger partial charge < -0.3 is 10.6 Å². The summed E-state index contributed by atoms with van der Waals surface area (Å²) >= 11 is 0. The molecule has 1 aliphatic heterocycles. The maximum atomic E-state index is 10.6. The lowest BCUT2D eigenvalue weighted by Gasteiger charge is -2.14. The highest BCUT2D eigenvalue weighted by Crippen LogP contribution is 2.17. The highest BCUT2D eigenvalue weighted by Gasteiger charge is 2.06. The average Bonchev–Trinajstić information content (AvgIpc) is 2.40.